The molecule has 9 aromatic carbocycles. The van der Waals surface area contributed by atoms with E-state index in [0.717, 1.165) is 29.9 Å². The molecule has 0 saturated carbocycles. The van der Waals surface area contributed by atoms with Gasteiger partial charge in [-0.2, -0.15) is 0 Å². The van der Waals surface area contributed by atoms with Gasteiger partial charge in [0, 0.05) is 17.1 Å². The van der Waals surface area contributed by atoms with Crippen molar-refractivity contribution in [1.29, 1.82) is 0 Å². The van der Waals surface area contributed by atoms with E-state index in [4.69, 9.17) is 0 Å². The minimum atomic E-state index is 0.913. The van der Waals surface area contributed by atoms with Crippen LogP contribution in [0, 0.1) is 0 Å². The molecule has 0 radical (unpaired) electrons. The Balaban J connectivity index is 0.997. The zero-order valence-corrected chi connectivity index (χ0v) is 33.0. The molecule has 0 unspecified atom stereocenters. The molecule has 0 saturated heterocycles. The van der Waals surface area contributed by atoms with E-state index in [-0.39, 0.29) is 0 Å². The summed E-state index contributed by atoms with van der Waals surface area (Å²) in [6.45, 7) is 0. The molecule has 0 N–H and O–H groups in total. The molecule has 59 heavy (non-hydrogen) atoms. The number of hydrogen-bond donors (Lipinski definition) is 0. The van der Waals surface area contributed by atoms with Crippen molar-refractivity contribution in [3.63, 3.8) is 0 Å². The van der Waals surface area contributed by atoms with Crippen molar-refractivity contribution in [2.24, 2.45) is 0 Å². The standard InChI is InChI=1S/C58H45N/c1-5-13-46(14-6-1)50-26-22-45(23-27-50)43-55(54-31-29-51(30-32-54)47-15-7-2-8-16-47)28-21-44-24-37-56(38-25-44)59(57-39-33-52(34-40-57)48-17-9-3-10-18-48)58-41-35-53(36-42-58)49-19-11-4-12-20-49/h1-20,22-27,29-43H,21,28H2/b55-43-. The fraction of sp³-hybridized carbons (Fsp3) is 0.0345. The molecule has 0 spiro atoms. The molecule has 0 bridgehead atoms. The molecule has 0 aromatic heterocycles. The molecule has 1 heteroatoms. The summed E-state index contributed by atoms with van der Waals surface area (Å²) in [7, 11) is 0. The van der Waals surface area contributed by atoms with E-state index in [2.05, 4.69) is 254 Å². The first-order chi connectivity index (χ1) is 29.2. The van der Waals surface area contributed by atoms with Gasteiger partial charge in [0.2, 0.25) is 0 Å². The second kappa shape index (κ2) is 17.8. The number of anilines is 3. The quantitative estimate of drug-likeness (QED) is 0.112. The van der Waals surface area contributed by atoms with Crippen LogP contribution in [-0.2, 0) is 6.42 Å². The van der Waals surface area contributed by atoms with Gasteiger partial charge in [-0.15, -0.1) is 0 Å². The fourth-order valence-corrected chi connectivity index (χ4v) is 7.82. The molecule has 1 nitrogen and oxygen atoms in total. The van der Waals surface area contributed by atoms with Crippen LogP contribution in [-0.4, -0.2) is 0 Å². The molecule has 9 rings (SSSR count). The fourth-order valence-electron chi connectivity index (χ4n) is 7.82. The third-order valence-electron chi connectivity index (χ3n) is 11.1. The second-order valence-corrected chi connectivity index (χ2v) is 14.9. The number of rotatable bonds is 12. The lowest BCUT2D eigenvalue weighted by molar-refractivity contribution is 1.02. The molecule has 0 heterocycles. The Morgan fingerprint density at radius 1 is 0.305 bits per heavy atom. The number of nitrogens with zero attached hydrogens (tertiary/aromatic N) is 1. The molecule has 0 atom stereocenters. The third-order valence-corrected chi connectivity index (χ3v) is 11.1. The van der Waals surface area contributed by atoms with Crippen LogP contribution < -0.4 is 4.90 Å². The van der Waals surface area contributed by atoms with Crippen LogP contribution in [0.25, 0.3) is 56.2 Å². The smallest absolute Gasteiger partial charge is 0.0462 e. The lowest BCUT2D eigenvalue weighted by atomic mass is 9.94. The minimum Gasteiger partial charge on any atom is -0.311 e. The van der Waals surface area contributed by atoms with Gasteiger partial charge in [0.1, 0.15) is 0 Å². The molecule has 0 aliphatic carbocycles. The third kappa shape index (κ3) is 8.91. The van der Waals surface area contributed by atoms with Crippen molar-refractivity contribution >= 4 is 28.7 Å². The number of aryl methyl sites for hydroxylation is 1. The van der Waals surface area contributed by atoms with Crippen molar-refractivity contribution < 1.29 is 0 Å². The molecular formula is C58H45N. The highest BCUT2D eigenvalue weighted by Crippen LogP contribution is 2.37. The summed E-state index contributed by atoms with van der Waals surface area (Å²) in [5.41, 5.74) is 18.2. The van der Waals surface area contributed by atoms with Gasteiger partial charge in [0.25, 0.3) is 0 Å². The number of allylic oxidation sites excluding steroid dienone is 1. The lowest BCUT2D eigenvalue weighted by Crippen LogP contribution is -2.10. The SMILES string of the molecule is C(=C(\CCc1ccc(N(c2ccc(-c3ccccc3)cc2)c2ccc(-c3ccccc3)cc2)cc1)c1ccc(-c2ccccc2)cc1)/c1ccc(-c2ccccc2)cc1. The average molecular weight is 756 g/mol. The lowest BCUT2D eigenvalue weighted by Gasteiger charge is -2.26. The predicted octanol–water partition coefficient (Wildman–Crippen LogP) is 16.0. The monoisotopic (exact) mass is 755 g/mol. The second-order valence-electron chi connectivity index (χ2n) is 14.9. The van der Waals surface area contributed by atoms with Gasteiger partial charge < -0.3 is 4.90 Å². The maximum absolute atomic E-state index is 2.36. The van der Waals surface area contributed by atoms with Gasteiger partial charge in [0.15, 0.2) is 0 Å². The summed E-state index contributed by atoms with van der Waals surface area (Å²) in [6, 6.07) is 87.3. The van der Waals surface area contributed by atoms with Gasteiger partial charge in [0.05, 0.1) is 0 Å². The van der Waals surface area contributed by atoms with Crippen molar-refractivity contribution in [1.82, 2.24) is 0 Å². The van der Waals surface area contributed by atoms with E-state index in [1.54, 1.807) is 0 Å². The molecular weight excluding hydrogens is 711 g/mol. The Morgan fingerprint density at radius 3 is 0.983 bits per heavy atom. The first-order valence-corrected chi connectivity index (χ1v) is 20.5. The highest BCUT2D eigenvalue weighted by atomic mass is 15.1. The van der Waals surface area contributed by atoms with Crippen LogP contribution in [0.1, 0.15) is 23.1 Å². The van der Waals surface area contributed by atoms with E-state index < -0.39 is 0 Å². The summed E-state index contributed by atoms with van der Waals surface area (Å²) >= 11 is 0. The Kier molecular flexibility index (Phi) is 11.2. The highest BCUT2D eigenvalue weighted by molar-refractivity contribution is 5.84. The van der Waals surface area contributed by atoms with Gasteiger partial charge in [-0.1, -0.05) is 212 Å². The predicted molar refractivity (Wildman–Crippen MR) is 252 cm³/mol. The van der Waals surface area contributed by atoms with Gasteiger partial charge in [-0.25, -0.2) is 0 Å². The normalized spacial score (nSPS) is 11.3. The van der Waals surface area contributed by atoms with Crippen molar-refractivity contribution in [3.05, 3.63) is 259 Å². The topological polar surface area (TPSA) is 3.24 Å². The summed E-state index contributed by atoms with van der Waals surface area (Å²) in [4.78, 5) is 2.35. The van der Waals surface area contributed by atoms with Crippen LogP contribution >= 0.6 is 0 Å². The largest absolute Gasteiger partial charge is 0.311 e. The van der Waals surface area contributed by atoms with Crippen molar-refractivity contribution in [2.45, 2.75) is 12.8 Å². The molecule has 282 valence electrons. The van der Waals surface area contributed by atoms with Gasteiger partial charge in [-0.3, -0.25) is 0 Å². The Labute approximate surface area is 348 Å². The zero-order chi connectivity index (χ0) is 39.6. The molecule has 0 aliphatic heterocycles. The van der Waals surface area contributed by atoms with Crippen LogP contribution in [0.2, 0.25) is 0 Å². The Morgan fingerprint density at radius 2 is 0.610 bits per heavy atom. The molecule has 0 aliphatic rings. The molecule has 9 aromatic rings. The number of hydrogen-bond acceptors (Lipinski definition) is 1. The van der Waals surface area contributed by atoms with Gasteiger partial charge in [-0.05, 0) is 116 Å². The van der Waals surface area contributed by atoms with E-state index >= 15 is 0 Å². The summed E-state index contributed by atoms with van der Waals surface area (Å²) < 4.78 is 0. The van der Waals surface area contributed by atoms with Gasteiger partial charge >= 0.3 is 0 Å². The number of benzene rings is 9. The summed E-state index contributed by atoms with van der Waals surface area (Å²) in [6.07, 6.45) is 4.20. The van der Waals surface area contributed by atoms with Crippen LogP contribution in [0.4, 0.5) is 17.1 Å². The van der Waals surface area contributed by atoms with Crippen LogP contribution in [0.15, 0.2) is 243 Å². The van der Waals surface area contributed by atoms with Crippen LogP contribution in [0.3, 0.4) is 0 Å². The minimum absolute atomic E-state index is 0.913. The van der Waals surface area contributed by atoms with Crippen molar-refractivity contribution in [2.75, 3.05) is 4.90 Å². The Bertz CT molecular complexity index is 2640. The van der Waals surface area contributed by atoms with E-state index in [1.165, 1.54) is 66.8 Å². The Hall–Kier alpha value is -7.48. The maximum atomic E-state index is 2.36. The highest BCUT2D eigenvalue weighted by Gasteiger charge is 2.14. The summed E-state index contributed by atoms with van der Waals surface area (Å²) in [5, 5.41) is 0. The van der Waals surface area contributed by atoms with E-state index in [9.17, 15) is 0 Å². The van der Waals surface area contributed by atoms with Crippen LogP contribution in [0.5, 0.6) is 0 Å². The van der Waals surface area contributed by atoms with E-state index in [0.29, 0.717) is 0 Å². The summed E-state index contributed by atoms with van der Waals surface area (Å²) in [5.74, 6) is 0. The maximum Gasteiger partial charge on any atom is 0.0462 e. The zero-order valence-electron chi connectivity index (χ0n) is 33.0. The molecule has 0 fully saturated rings. The molecule has 0 amide bonds. The first kappa shape index (κ1) is 37.1. The van der Waals surface area contributed by atoms with E-state index in [1.807, 2.05) is 0 Å². The van der Waals surface area contributed by atoms with Crippen molar-refractivity contribution in [3.8, 4) is 44.5 Å². The first-order valence-electron chi connectivity index (χ1n) is 20.5. The average Bonchev–Trinajstić information content (AvgIpc) is 3.33.